The van der Waals surface area contributed by atoms with Crippen molar-refractivity contribution in [2.75, 3.05) is 26.7 Å². The Kier molecular flexibility index (Phi) is 7.40. The van der Waals surface area contributed by atoms with Crippen molar-refractivity contribution in [3.63, 3.8) is 0 Å². The highest BCUT2D eigenvalue weighted by atomic mass is 16.2. The molecule has 88 valence electrons. The van der Waals surface area contributed by atoms with Crippen LogP contribution >= 0.6 is 0 Å². The van der Waals surface area contributed by atoms with Crippen LogP contribution in [0.15, 0.2) is 0 Å². The highest BCUT2D eigenvalue weighted by molar-refractivity contribution is 5.83. The normalized spacial score (nSPS) is 9.53. The van der Waals surface area contributed by atoms with E-state index in [4.69, 9.17) is 0 Å². The molecule has 0 unspecified atom stereocenters. The summed E-state index contributed by atoms with van der Waals surface area (Å²) in [7, 11) is 1.56. The number of likely N-dealkylation sites (N-methyl/N-ethyl adjacent to an activating group) is 2. The second-order valence-electron chi connectivity index (χ2n) is 3.27. The second-order valence-corrected chi connectivity index (χ2v) is 3.27. The van der Waals surface area contributed by atoms with Gasteiger partial charge >= 0.3 is 6.03 Å². The third kappa shape index (κ3) is 5.93. The van der Waals surface area contributed by atoms with E-state index in [1.807, 2.05) is 6.92 Å². The first-order valence-electron chi connectivity index (χ1n) is 5.39. The minimum atomic E-state index is -0.172. The number of amides is 3. The Morgan fingerprint density at radius 2 is 1.93 bits per heavy atom. The van der Waals surface area contributed by atoms with Crippen LogP contribution in [0.2, 0.25) is 0 Å². The van der Waals surface area contributed by atoms with Gasteiger partial charge in [0.2, 0.25) is 5.91 Å². The van der Waals surface area contributed by atoms with Gasteiger partial charge in [-0.15, -0.1) is 0 Å². The summed E-state index contributed by atoms with van der Waals surface area (Å²) in [6.45, 7) is 5.23. The number of rotatable bonds is 6. The van der Waals surface area contributed by atoms with Gasteiger partial charge in [0.25, 0.3) is 0 Å². The van der Waals surface area contributed by atoms with Gasteiger partial charge in [0, 0.05) is 20.1 Å². The predicted molar refractivity (Wildman–Crippen MR) is 59.6 cm³/mol. The summed E-state index contributed by atoms with van der Waals surface area (Å²) in [5.74, 6) is -0.150. The minimum absolute atomic E-state index is 0.116. The maximum atomic E-state index is 11.5. The Balaban J connectivity index is 3.93. The number of hydrogen-bond acceptors (Lipinski definition) is 2. The van der Waals surface area contributed by atoms with E-state index in [0.717, 1.165) is 12.8 Å². The monoisotopic (exact) mass is 215 g/mol. The Morgan fingerprint density at radius 1 is 1.27 bits per heavy atom. The lowest BCUT2D eigenvalue weighted by Crippen LogP contribution is -2.45. The first-order valence-corrected chi connectivity index (χ1v) is 5.39. The molecule has 2 N–H and O–H groups in total. The highest BCUT2D eigenvalue weighted by Crippen LogP contribution is 1.90. The third-order valence-electron chi connectivity index (χ3n) is 2.09. The zero-order chi connectivity index (χ0) is 11.7. The smallest absolute Gasteiger partial charge is 0.317 e. The van der Waals surface area contributed by atoms with Crippen LogP contribution in [0.5, 0.6) is 0 Å². The van der Waals surface area contributed by atoms with Crippen molar-refractivity contribution in [2.24, 2.45) is 0 Å². The Bertz CT molecular complexity index is 207. The molecule has 0 aliphatic rings. The summed E-state index contributed by atoms with van der Waals surface area (Å²) in [4.78, 5) is 24.1. The molecule has 3 amide bonds. The topological polar surface area (TPSA) is 61.4 Å². The van der Waals surface area contributed by atoms with Gasteiger partial charge in [0.15, 0.2) is 0 Å². The third-order valence-corrected chi connectivity index (χ3v) is 2.09. The fraction of sp³-hybridized carbons (Fsp3) is 0.800. The number of carbonyl (C=O) groups is 2. The van der Waals surface area contributed by atoms with Crippen LogP contribution in [-0.4, -0.2) is 43.5 Å². The van der Waals surface area contributed by atoms with Gasteiger partial charge in [-0.05, 0) is 13.3 Å². The summed E-state index contributed by atoms with van der Waals surface area (Å²) < 4.78 is 0. The zero-order valence-electron chi connectivity index (χ0n) is 9.80. The van der Waals surface area contributed by atoms with Crippen molar-refractivity contribution in [3.05, 3.63) is 0 Å². The molecule has 0 saturated carbocycles. The Morgan fingerprint density at radius 3 is 2.40 bits per heavy atom. The molecule has 0 aliphatic carbocycles. The van der Waals surface area contributed by atoms with Crippen LogP contribution in [0.4, 0.5) is 4.79 Å². The van der Waals surface area contributed by atoms with Crippen molar-refractivity contribution in [1.82, 2.24) is 15.5 Å². The van der Waals surface area contributed by atoms with Crippen molar-refractivity contribution >= 4 is 11.9 Å². The number of nitrogens with one attached hydrogen (secondary N) is 2. The van der Waals surface area contributed by atoms with Crippen LogP contribution in [0, 0.1) is 0 Å². The summed E-state index contributed by atoms with van der Waals surface area (Å²) in [6, 6.07) is -0.172. The standard InChI is InChI=1S/C10H21N3O2/c1-4-6-7-12-10(15)13(5-2)8-9(14)11-3/h4-8H2,1-3H3,(H,11,14)(H,12,15). The molecule has 5 heteroatoms. The Labute approximate surface area is 91.2 Å². The van der Waals surface area contributed by atoms with E-state index in [2.05, 4.69) is 17.6 Å². The average Bonchev–Trinajstić information content (AvgIpc) is 2.25. The molecule has 0 aromatic rings. The molecule has 0 rings (SSSR count). The van der Waals surface area contributed by atoms with Crippen LogP contribution in [0.25, 0.3) is 0 Å². The second kappa shape index (κ2) is 8.08. The minimum Gasteiger partial charge on any atom is -0.358 e. The van der Waals surface area contributed by atoms with Gasteiger partial charge in [-0.3, -0.25) is 4.79 Å². The van der Waals surface area contributed by atoms with E-state index in [0.29, 0.717) is 13.1 Å². The van der Waals surface area contributed by atoms with Gasteiger partial charge in [-0.2, -0.15) is 0 Å². The van der Waals surface area contributed by atoms with E-state index in [-0.39, 0.29) is 18.5 Å². The predicted octanol–water partition coefficient (Wildman–Crippen LogP) is 0.564. The summed E-state index contributed by atoms with van der Waals surface area (Å²) in [6.07, 6.45) is 2.01. The first-order chi connectivity index (χ1) is 7.15. The zero-order valence-corrected chi connectivity index (χ0v) is 9.80. The maximum Gasteiger partial charge on any atom is 0.317 e. The number of hydrogen-bond donors (Lipinski definition) is 2. The lowest BCUT2D eigenvalue weighted by molar-refractivity contribution is -0.121. The lowest BCUT2D eigenvalue weighted by atomic mass is 10.3. The van der Waals surface area contributed by atoms with Gasteiger partial charge in [0.1, 0.15) is 6.54 Å². The summed E-state index contributed by atoms with van der Waals surface area (Å²) in [5.41, 5.74) is 0. The summed E-state index contributed by atoms with van der Waals surface area (Å²) >= 11 is 0. The summed E-state index contributed by atoms with van der Waals surface area (Å²) in [5, 5.41) is 5.26. The highest BCUT2D eigenvalue weighted by Gasteiger charge is 2.13. The Hall–Kier alpha value is -1.26. The molecule has 0 heterocycles. The fourth-order valence-corrected chi connectivity index (χ4v) is 1.06. The van der Waals surface area contributed by atoms with Crippen LogP contribution < -0.4 is 10.6 Å². The molecular weight excluding hydrogens is 194 g/mol. The van der Waals surface area contributed by atoms with E-state index >= 15 is 0 Å². The van der Waals surface area contributed by atoms with Gasteiger partial charge in [-0.25, -0.2) is 4.79 Å². The molecule has 0 spiro atoms. The molecular formula is C10H21N3O2. The van der Waals surface area contributed by atoms with Crippen LogP contribution in [0.1, 0.15) is 26.7 Å². The molecule has 0 fully saturated rings. The van der Waals surface area contributed by atoms with E-state index in [1.54, 1.807) is 7.05 Å². The van der Waals surface area contributed by atoms with Gasteiger partial charge in [-0.1, -0.05) is 13.3 Å². The van der Waals surface area contributed by atoms with Gasteiger partial charge < -0.3 is 15.5 Å². The average molecular weight is 215 g/mol. The van der Waals surface area contributed by atoms with Crippen molar-refractivity contribution in [3.8, 4) is 0 Å². The molecule has 0 saturated heterocycles. The molecule has 0 aromatic carbocycles. The number of nitrogens with zero attached hydrogens (tertiary/aromatic N) is 1. The molecule has 0 aliphatic heterocycles. The SMILES string of the molecule is CCCCNC(=O)N(CC)CC(=O)NC. The van der Waals surface area contributed by atoms with Crippen molar-refractivity contribution in [2.45, 2.75) is 26.7 Å². The molecule has 5 nitrogen and oxygen atoms in total. The number of carbonyl (C=O) groups excluding carboxylic acids is 2. The first kappa shape index (κ1) is 13.7. The molecule has 0 bridgehead atoms. The molecule has 15 heavy (non-hydrogen) atoms. The van der Waals surface area contributed by atoms with Crippen LogP contribution in [0.3, 0.4) is 0 Å². The quantitative estimate of drug-likeness (QED) is 0.636. The van der Waals surface area contributed by atoms with Crippen molar-refractivity contribution in [1.29, 1.82) is 0 Å². The molecule has 0 atom stereocenters. The van der Waals surface area contributed by atoms with E-state index in [9.17, 15) is 9.59 Å². The van der Waals surface area contributed by atoms with Gasteiger partial charge in [0.05, 0.1) is 0 Å². The largest absolute Gasteiger partial charge is 0.358 e. The fourth-order valence-electron chi connectivity index (χ4n) is 1.06. The lowest BCUT2D eigenvalue weighted by Gasteiger charge is -2.20. The van der Waals surface area contributed by atoms with Crippen molar-refractivity contribution < 1.29 is 9.59 Å². The van der Waals surface area contributed by atoms with E-state index in [1.165, 1.54) is 4.90 Å². The molecule has 0 radical (unpaired) electrons. The maximum absolute atomic E-state index is 11.5. The number of unbranched alkanes of at least 4 members (excludes halogenated alkanes) is 1. The van der Waals surface area contributed by atoms with Crippen LogP contribution in [-0.2, 0) is 4.79 Å². The molecule has 0 aromatic heterocycles. The van der Waals surface area contributed by atoms with E-state index < -0.39 is 0 Å². The number of urea groups is 1.